The second-order valence-electron chi connectivity index (χ2n) is 3.05. The van der Waals surface area contributed by atoms with E-state index in [2.05, 4.69) is 15.0 Å². The fourth-order valence-corrected chi connectivity index (χ4v) is 1.35. The number of carboxylic acids is 1. The number of carbonyl (C=O) groups is 1. The highest BCUT2D eigenvalue weighted by molar-refractivity contribution is 6.33. The van der Waals surface area contributed by atoms with Gasteiger partial charge in [0.2, 0.25) is 0 Å². The number of hydrogen-bond acceptors (Lipinski definition) is 3. The predicted octanol–water partition coefficient (Wildman–Crippen LogP) is 3.15. The van der Waals surface area contributed by atoms with E-state index in [0.29, 0.717) is 18.5 Å². The Morgan fingerprint density at radius 2 is 2.47 bits per heavy atom. The molecule has 1 N–H and O–H groups in total. The molecule has 0 fully saturated rings. The van der Waals surface area contributed by atoms with Gasteiger partial charge in [-0.3, -0.25) is 0 Å². The third kappa shape index (κ3) is 4.14. The Kier molecular flexibility index (Phi) is 5.00. The molecule has 0 aliphatic carbocycles. The zero-order valence-corrected chi connectivity index (χ0v) is 9.50. The maximum absolute atomic E-state index is 10.7. The third-order valence-corrected chi connectivity index (χ3v) is 2.12. The SMILES string of the molecule is [N-]=[N+]=NCCC=Cc1cnc(C(=O)O)c(Cl)c1. The lowest BCUT2D eigenvalue weighted by Crippen LogP contribution is -2.01. The first-order valence-electron chi connectivity index (χ1n) is 4.71. The van der Waals surface area contributed by atoms with Crippen LogP contribution >= 0.6 is 11.6 Å². The number of hydrogen-bond donors (Lipinski definition) is 1. The molecule has 17 heavy (non-hydrogen) atoms. The molecule has 1 rings (SSSR count). The molecule has 0 spiro atoms. The van der Waals surface area contributed by atoms with Gasteiger partial charge in [0.15, 0.2) is 5.69 Å². The van der Waals surface area contributed by atoms with E-state index in [9.17, 15) is 4.79 Å². The van der Waals surface area contributed by atoms with Gasteiger partial charge in [-0.05, 0) is 23.6 Å². The molecular formula is C10H9ClN4O2. The first kappa shape index (κ1) is 13.0. The van der Waals surface area contributed by atoms with Crippen molar-refractivity contribution >= 4 is 23.6 Å². The van der Waals surface area contributed by atoms with E-state index in [1.807, 2.05) is 0 Å². The molecule has 6 nitrogen and oxygen atoms in total. The molecule has 0 aliphatic rings. The van der Waals surface area contributed by atoms with Gasteiger partial charge in [0, 0.05) is 17.7 Å². The van der Waals surface area contributed by atoms with Crippen molar-refractivity contribution in [2.75, 3.05) is 6.54 Å². The molecule has 1 aromatic heterocycles. The summed E-state index contributed by atoms with van der Waals surface area (Å²) in [4.78, 5) is 17.0. The van der Waals surface area contributed by atoms with Crippen LogP contribution in [0.5, 0.6) is 0 Å². The summed E-state index contributed by atoms with van der Waals surface area (Å²) in [5.74, 6) is -1.16. The zero-order chi connectivity index (χ0) is 12.7. The van der Waals surface area contributed by atoms with Crippen LogP contribution in [0.25, 0.3) is 16.5 Å². The Balaban J connectivity index is 2.70. The maximum Gasteiger partial charge on any atom is 0.356 e. The summed E-state index contributed by atoms with van der Waals surface area (Å²) >= 11 is 5.74. The van der Waals surface area contributed by atoms with Gasteiger partial charge in [0.05, 0.1) is 5.02 Å². The standard InChI is InChI=1S/C10H9ClN4O2/c11-8-5-7(3-1-2-4-14-15-12)6-13-9(8)10(16)17/h1,3,5-6H,2,4H2,(H,16,17). The highest BCUT2D eigenvalue weighted by atomic mass is 35.5. The smallest absolute Gasteiger partial charge is 0.356 e. The van der Waals surface area contributed by atoms with E-state index in [4.69, 9.17) is 22.2 Å². The topological polar surface area (TPSA) is 99.0 Å². The van der Waals surface area contributed by atoms with Gasteiger partial charge in [-0.15, -0.1) is 0 Å². The van der Waals surface area contributed by atoms with Crippen LogP contribution in [0.3, 0.4) is 0 Å². The summed E-state index contributed by atoms with van der Waals surface area (Å²) in [5.41, 5.74) is 8.58. The summed E-state index contributed by atoms with van der Waals surface area (Å²) in [7, 11) is 0. The highest BCUT2D eigenvalue weighted by Crippen LogP contribution is 2.16. The molecule has 0 aromatic carbocycles. The third-order valence-electron chi connectivity index (χ3n) is 1.83. The fraction of sp³-hybridized carbons (Fsp3) is 0.200. The molecule has 0 aliphatic heterocycles. The highest BCUT2D eigenvalue weighted by Gasteiger charge is 2.09. The van der Waals surface area contributed by atoms with Gasteiger partial charge in [0.1, 0.15) is 0 Å². The van der Waals surface area contributed by atoms with Gasteiger partial charge in [0.25, 0.3) is 0 Å². The van der Waals surface area contributed by atoms with E-state index in [-0.39, 0.29) is 10.7 Å². The van der Waals surface area contributed by atoms with Gasteiger partial charge >= 0.3 is 5.97 Å². The van der Waals surface area contributed by atoms with Crippen LogP contribution in [-0.4, -0.2) is 22.6 Å². The van der Waals surface area contributed by atoms with Gasteiger partial charge in [-0.1, -0.05) is 28.9 Å². The molecule has 88 valence electrons. The van der Waals surface area contributed by atoms with Crippen LogP contribution in [0.1, 0.15) is 22.5 Å². The Morgan fingerprint density at radius 1 is 1.71 bits per heavy atom. The molecule has 0 radical (unpaired) electrons. The number of aromatic nitrogens is 1. The molecule has 0 atom stereocenters. The summed E-state index contributed by atoms with van der Waals surface area (Å²) in [6.45, 7) is 0.376. The molecular weight excluding hydrogens is 244 g/mol. The van der Waals surface area contributed by atoms with Crippen LogP contribution in [0.15, 0.2) is 23.5 Å². The van der Waals surface area contributed by atoms with Crippen molar-refractivity contribution in [1.82, 2.24) is 4.98 Å². The minimum absolute atomic E-state index is 0.0923. The Labute approximate surface area is 102 Å². The molecule has 7 heteroatoms. The minimum Gasteiger partial charge on any atom is -0.476 e. The average Bonchev–Trinajstić information content (AvgIpc) is 2.28. The lowest BCUT2D eigenvalue weighted by Gasteiger charge is -1.98. The number of aromatic carboxylic acids is 1. The Hall–Kier alpha value is -2.04. The average molecular weight is 253 g/mol. The van der Waals surface area contributed by atoms with Crippen molar-refractivity contribution in [2.24, 2.45) is 5.11 Å². The number of nitrogens with zero attached hydrogens (tertiary/aromatic N) is 4. The second-order valence-corrected chi connectivity index (χ2v) is 3.46. The van der Waals surface area contributed by atoms with E-state index >= 15 is 0 Å². The van der Waals surface area contributed by atoms with Crippen molar-refractivity contribution < 1.29 is 9.90 Å². The Morgan fingerprint density at radius 3 is 3.06 bits per heavy atom. The van der Waals surface area contributed by atoms with Crippen molar-refractivity contribution in [3.63, 3.8) is 0 Å². The van der Waals surface area contributed by atoms with Crippen molar-refractivity contribution in [3.05, 3.63) is 45.1 Å². The van der Waals surface area contributed by atoms with Crippen LogP contribution in [-0.2, 0) is 0 Å². The lowest BCUT2D eigenvalue weighted by atomic mass is 10.2. The molecule has 0 saturated carbocycles. The summed E-state index contributed by atoms with van der Waals surface area (Å²) in [6, 6.07) is 1.52. The van der Waals surface area contributed by atoms with Crippen molar-refractivity contribution in [2.45, 2.75) is 6.42 Å². The fourth-order valence-electron chi connectivity index (χ4n) is 1.10. The second kappa shape index (κ2) is 6.52. The quantitative estimate of drug-likeness (QED) is 0.377. The van der Waals surface area contributed by atoms with E-state index in [1.54, 1.807) is 12.2 Å². The first-order valence-corrected chi connectivity index (χ1v) is 5.09. The molecule has 1 heterocycles. The van der Waals surface area contributed by atoms with Crippen LogP contribution in [0.4, 0.5) is 0 Å². The number of azide groups is 1. The molecule has 0 bridgehead atoms. The summed E-state index contributed by atoms with van der Waals surface area (Å²) in [5, 5.41) is 12.2. The van der Waals surface area contributed by atoms with E-state index in [1.165, 1.54) is 12.3 Å². The Bertz CT molecular complexity index is 495. The maximum atomic E-state index is 10.7. The zero-order valence-electron chi connectivity index (χ0n) is 8.75. The molecule has 1 aromatic rings. The summed E-state index contributed by atoms with van der Waals surface area (Å²) < 4.78 is 0. The van der Waals surface area contributed by atoms with Crippen molar-refractivity contribution in [1.29, 1.82) is 0 Å². The van der Waals surface area contributed by atoms with Gasteiger partial charge in [-0.2, -0.15) is 0 Å². The predicted molar refractivity (Wildman–Crippen MR) is 63.9 cm³/mol. The largest absolute Gasteiger partial charge is 0.476 e. The van der Waals surface area contributed by atoms with Gasteiger partial charge in [-0.25, -0.2) is 9.78 Å². The van der Waals surface area contributed by atoms with E-state index in [0.717, 1.165) is 0 Å². The lowest BCUT2D eigenvalue weighted by molar-refractivity contribution is 0.0690. The monoisotopic (exact) mass is 252 g/mol. The molecule has 0 amide bonds. The van der Waals surface area contributed by atoms with Gasteiger partial charge < -0.3 is 5.11 Å². The molecule has 0 saturated heterocycles. The number of halogens is 1. The number of carboxylic acid groups (broad SMARTS) is 1. The summed E-state index contributed by atoms with van der Waals surface area (Å²) in [6.07, 6.45) is 5.54. The molecule has 0 unspecified atom stereocenters. The normalized spacial score (nSPS) is 10.2. The number of pyridine rings is 1. The van der Waals surface area contributed by atoms with E-state index < -0.39 is 5.97 Å². The van der Waals surface area contributed by atoms with Crippen LogP contribution in [0.2, 0.25) is 5.02 Å². The van der Waals surface area contributed by atoms with Crippen LogP contribution < -0.4 is 0 Å². The van der Waals surface area contributed by atoms with Crippen molar-refractivity contribution in [3.8, 4) is 0 Å². The van der Waals surface area contributed by atoms with Crippen LogP contribution in [0, 0.1) is 0 Å². The first-order chi connectivity index (χ1) is 8.15. The number of rotatable bonds is 5. The minimum atomic E-state index is -1.16.